The molecule has 108 valence electrons. The fraction of sp³-hybridized carbons (Fsp3) is 0.176. The number of para-hydroxylation sites is 1. The van der Waals surface area contributed by atoms with Crippen molar-refractivity contribution in [3.63, 3.8) is 0 Å². The number of hydrazone groups is 1. The topological polar surface area (TPSA) is 50.7 Å². The van der Waals surface area contributed by atoms with Crippen LogP contribution >= 0.6 is 0 Å². The van der Waals surface area contributed by atoms with Gasteiger partial charge in [-0.1, -0.05) is 48.0 Å². The van der Waals surface area contributed by atoms with Gasteiger partial charge in [-0.3, -0.25) is 4.79 Å². The fourth-order valence-corrected chi connectivity index (χ4v) is 1.82. The Morgan fingerprint density at radius 2 is 2.00 bits per heavy atom. The highest BCUT2D eigenvalue weighted by Gasteiger charge is 2.02. The molecule has 0 atom stereocenters. The molecule has 0 aromatic heterocycles. The molecule has 0 radical (unpaired) electrons. The summed E-state index contributed by atoms with van der Waals surface area (Å²) in [5.41, 5.74) is 5.53. The number of nitrogens with zero attached hydrogens (tertiary/aromatic N) is 1. The number of hydrogen-bond acceptors (Lipinski definition) is 3. The van der Waals surface area contributed by atoms with E-state index in [4.69, 9.17) is 4.74 Å². The predicted molar refractivity (Wildman–Crippen MR) is 83.6 cm³/mol. The molecule has 2 aromatic carbocycles. The Morgan fingerprint density at radius 3 is 2.76 bits per heavy atom. The molecule has 4 heteroatoms. The third-order valence-electron chi connectivity index (χ3n) is 2.90. The highest BCUT2D eigenvalue weighted by molar-refractivity contribution is 5.83. The van der Waals surface area contributed by atoms with Crippen molar-refractivity contribution in [2.24, 2.45) is 5.10 Å². The number of carbonyl (C=O) groups is 1. The first-order valence-electron chi connectivity index (χ1n) is 6.72. The lowest BCUT2D eigenvalue weighted by Gasteiger charge is -2.07. The first-order chi connectivity index (χ1) is 10.1. The zero-order valence-corrected chi connectivity index (χ0v) is 12.2. The molecule has 0 aliphatic heterocycles. The highest BCUT2D eigenvalue weighted by atomic mass is 16.5. The molecule has 0 heterocycles. The van der Waals surface area contributed by atoms with Gasteiger partial charge in [0.2, 0.25) is 0 Å². The molecule has 0 unspecified atom stereocenters. The normalized spacial score (nSPS) is 10.6. The first kappa shape index (κ1) is 14.8. The summed E-state index contributed by atoms with van der Waals surface area (Å²) in [4.78, 5) is 11.6. The van der Waals surface area contributed by atoms with Crippen LogP contribution in [0, 0.1) is 13.8 Å². The minimum atomic E-state index is -0.290. The molecule has 0 saturated carbocycles. The van der Waals surface area contributed by atoms with Gasteiger partial charge in [-0.25, -0.2) is 5.43 Å². The van der Waals surface area contributed by atoms with Crippen LogP contribution in [0.3, 0.4) is 0 Å². The number of hydrogen-bond donors (Lipinski definition) is 1. The quantitative estimate of drug-likeness (QED) is 0.677. The van der Waals surface area contributed by atoms with Gasteiger partial charge in [0, 0.05) is 0 Å². The lowest BCUT2D eigenvalue weighted by atomic mass is 10.2. The Bertz CT molecular complexity index is 651. The summed E-state index contributed by atoms with van der Waals surface area (Å²) >= 11 is 0. The fourth-order valence-electron chi connectivity index (χ4n) is 1.82. The maximum absolute atomic E-state index is 11.6. The largest absolute Gasteiger partial charge is 0.483 e. The van der Waals surface area contributed by atoms with Gasteiger partial charge in [0.15, 0.2) is 6.61 Å². The van der Waals surface area contributed by atoms with Gasteiger partial charge >= 0.3 is 0 Å². The number of carbonyl (C=O) groups excluding carboxylic acids is 1. The number of rotatable bonds is 5. The van der Waals surface area contributed by atoms with Gasteiger partial charge < -0.3 is 4.74 Å². The summed E-state index contributed by atoms with van der Waals surface area (Å²) in [6, 6.07) is 15.4. The van der Waals surface area contributed by atoms with Crippen molar-refractivity contribution in [2.45, 2.75) is 13.8 Å². The van der Waals surface area contributed by atoms with E-state index in [1.54, 1.807) is 6.21 Å². The smallest absolute Gasteiger partial charge is 0.277 e. The second-order valence-electron chi connectivity index (χ2n) is 4.76. The Hall–Kier alpha value is -2.62. The van der Waals surface area contributed by atoms with E-state index in [1.807, 2.05) is 62.4 Å². The van der Waals surface area contributed by atoms with E-state index in [2.05, 4.69) is 10.5 Å². The number of nitrogens with one attached hydrogen (secondary N) is 1. The van der Waals surface area contributed by atoms with Crippen LogP contribution in [-0.2, 0) is 4.79 Å². The molecule has 0 aliphatic rings. The second-order valence-corrected chi connectivity index (χ2v) is 4.76. The standard InChI is InChI=1S/C17H18N2O2/c1-13-6-5-8-15(10-13)11-18-19-17(20)12-21-16-9-4-3-7-14(16)2/h3-11H,12H2,1-2H3,(H,19,20)/b18-11-. The molecule has 0 saturated heterocycles. The van der Waals surface area contributed by atoms with Crippen molar-refractivity contribution < 1.29 is 9.53 Å². The van der Waals surface area contributed by atoms with E-state index >= 15 is 0 Å². The zero-order valence-electron chi connectivity index (χ0n) is 12.2. The third kappa shape index (κ3) is 4.76. The Labute approximate surface area is 124 Å². The van der Waals surface area contributed by atoms with E-state index in [0.717, 1.165) is 16.7 Å². The van der Waals surface area contributed by atoms with Crippen LogP contribution in [0.4, 0.5) is 0 Å². The van der Waals surface area contributed by atoms with Crippen molar-refractivity contribution in [2.75, 3.05) is 6.61 Å². The van der Waals surface area contributed by atoms with Crippen molar-refractivity contribution in [1.29, 1.82) is 0 Å². The lowest BCUT2D eigenvalue weighted by molar-refractivity contribution is -0.123. The summed E-state index contributed by atoms with van der Waals surface area (Å²) in [6.45, 7) is 3.88. The summed E-state index contributed by atoms with van der Waals surface area (Å²) in [5, 5.41) is 3.91. The van der Waals surface area contributed by atoms with Gasteiger partial charge in [-0.05, 0) is 31.0 Å². The zero-order chi connectivity index (χ0) is 15.1. The number of amides is 1. The number of ether oxygens (including phenoxy) is 1. The Morgan fingerprint density at radius 1 is 1.19 bits per heavy atom. The van der Waals surface area contributed by atoms with Crippen LogP contribution in [0.5, 0.6) is 5.75 Å². The van der Waals surface area contributed by atoms with E-state index in [1.165, 1.54) is 0 Å². The van der Waals surface area contributed by atoms with Crippen molar-refractivity contribution in [3.8, 4) is 5.75 Å². The van der Waals surface area contributed by atoms with Gasteiger partial charge in [-0.2, -0.15) is 5.10 Å². The minimum Gasteiger partial charge on any atom is -0.483 e. The molecular formula is C17H18N2O2. The van der Waals surface area contributed by atoms with Gasteiger partial charge in [0.25, 0.3) is 5.91 Å². The van der Waals surface area contributed by atoms with Crippen molar-refractivity contribution in [3.05, 3.63) is 65.2 Å². The molecule has 21 heavy (non-hydrogen) atoms. The van der Waals surface area contributed by atoms with Crippen LogP contribution in [0.2, 0.25) is 0 Å². The van der Waals surface area contributed by atoms with Crippen LogP contribution < -0.4 is 10.2 Å². The second kappa shape index (κ2) is 7.24. The molecule has 1 amide bonds. The van der Waals surface area contributed by atoms with E-state index in [9.17, 15) is 4.79 Å². The number of aryl methyl sites for hydroxylation is 2. The maximum atomic E-state index is 11.6. The van der Waals surface area contributed by atoms with Gasteiger partial charge in [0.05, 0.1) is 6.21 Å². The van der Waals surface area contributed by atoms with Crippen LogP contribution in [0.1, 0.15) is 16.7 Å². The molecule has 2 aromatic rings. The Kier molecular flexibility index (Phi) is 5.10. The Balaban J connectivity index is 1.81. The lowest BCUT2D eigenvalue weighted by Crippen LogP contribution is -2.24. The van der Waals surface area contributed by atoms with Crippen LogP contribution in [0.15, 0.2) is 53.6 Å². The van der Waals surface area contributed by atoms with E-state index in [-0.39, 0.29) is 12.5 Å². The summed E-state index contributed by atoms with van der Waals surface area (Å²) in [7, 11) is 0. The molecule has 0 spiro atoms. The summed E-state index contributed by atoms with van der Waals surface area (Å²) < 4.78 is 5.43. The van der Waals surface area contributed by atoms with E-state index < -0.39 is 0 Å². The highest BCUT2D eigenvalue weighted by Crippen LogP contribution is 2.15. The van der Waals surface area contributed by atoms with Crippen molar-refractivity contribution in [1.82, 2.24) is 5.43 Å². The van der Waals surface area contributed by atoms with Gasteiger partial charge in [-0.15, -0.1) is 0 Å². The molecule has 0 fully saturated rings. The molecule has 0 bridgehead atoms. The minimum absolute atomic E-state index is 0.0595. The average Bonchev–Trinajstić information content (AvgIpc) is 2.46. The monoisotopic (exact) mass is 282 g/mol. The van der Waals surface area contributed by atoms with Gasteiger partial charge in [0.1, 0.15) is 5.75 Å². The van der Waals surface area contributed by atoms with Crippen LogP contribution in [-0.4, -0.2) is 18.7 Å². The summed E-state index contributed by atoms with van der Waals surface area (Å²) in [5.74, 6) is 0.414. The molecule has 1 N–H and O–H groups in total. The average molecular weight is 282 g/mol. The molecular weight excluding hydrogens is 264 g/mol. The first-order valence-corrected chi connectivity index (χ1v) is 6.72. The summed E-state index contributed by atoms with van der Waals surface area (Å²) in [6.07, 6.45) is 1.61. The molecule has 4 nitrogen and oxygen atoms in total. The number of benzene rings is 2. The SMILES string of the molecule is Cc1cccc(/C=N\NC(=O)COc2ccccc2C)c1. The van der Waals surface area contributed by atoms with E-state index in [0.29, 0.717) is 5.75 Å². The maximum Gasteiger partial charge on any atom is 0.277 e. The molecule has 2 rings (SSSR count). The van der Waals surface area contributed by atoms with Crippen LogP contribution in [0.25, 0.3) is 0 Å². The predicted octanol–water partition coefficient (Wildman–Crippen LogP) is 2.83. The third-order valence-corrected chi connectivity index (χ3v) is 2.90. The van der Waals surface area contributed by atoms with Crippen molar-refractivity contribution >= 4 is 12.1 Å². The molecule has 0 aliphatic carbocycles.